The van der Waals surface area contributed by atoms with Crippen LogP contribution in [0.4, 0.5) is 5.69 Å². The van der Waals surface area contributed by atoms with Crippen molar-refractivity contribution >= 4 is 17.7 Å². The molecule has 0 fully saturated rings. The minimum absolute atomic E-state index is 0.0884. The Kier molecular flexibility index (Phi) is 4.86. The summed E-state index contributed by atoms with van der Waals surface area (Å²) in [7, 11) is 0. The number of benzene rings is 1. The van der Waals surface area contributed by atoms with Gasteiger partial charge >= 0.3 is 0 Å². The summed E-state index contributed by atoms with van der Waals surface area (Å²) < 4.78 is 5.24. The van der Waals surface area contributed by atoms with Crippen molar-refractivity contribution in [2.45, 2.75) is 11.3 Å². The highest BCUT2D eigenvalue weighted by Gasteiger charge is 2.03. The molecule has 0 amide bonds. The van der Waals surface area contributed by atoms with Crippen molar-refractivity contribution in [2.24, 2.45) is 0 Å². The third kappa shape index (κ3) is 4.14. The molecule has 0 atom stereocenters. The maximum atomic E-state index is 10.4. The summed E-state index contributed by atoms with van der Waals surface area (Å²) in [5, 5.41) is 10.4. The fourth-order valence-electron chi connectivity index (χ4n) is 0.865. The molecule has 4 nitrogen and oxygen atoms in total. The van der Waals surface area contributed by atoms with Gasteiger partial charge in [0.25, 0.3) is 5.69 Å². The first-order chi connectivity index (χ1) is 7.24. The molecule has 0 aliphatic heterocycles. The number of hydrogen-bond acceptors (Lipinski definition) is 4. The van der Waals surface area contributed by atoms with Gasteiger partial charge in [-0.15, -0.1) is 6.58 Å². The van der Waals surface area contributed by atoms with E-state index < -0.39 is 4.92 Å². The first-order valence-electron chi connectivity index (χ1n) is 4.39. The number of nitro groups is 1. The van der Waals surface area contributed by atoms with Gasteiger partial charge in [0.05, 0.1) is 11.5 Å². The third-order valence-electron chi connectivity index (χ3n) is 1.61. The topological polar surface area (TPSA) is 52.4 Å². The molecule has 5 heteroatoms. The van der Waals surface area contributed by atoms with E-state index in [1.807, 2.05) is 0 Å². The van der Waals surface area contributed by atoms with Gasteiger partial charge in [-0.25, -0.2) is 0 Å². The predicted octanol–water partition coefficient (Wildman–Crippen LogP) is 3.19. The van der Waals surface area contributed by atoms with Crippen LogP contribution in [0.25, 0.3) is 0 Å². The van der Waals surface area contributed by atoms with Crippen molar-refractivity contribution in [2.75, 3.05) is 6.61 Å². The van der Waals surface area contributed by atoms with E-state index in [9.17, 15) is 10.1 Å². The number of hydrogen-bond donors (Lipinski definition) is 0. The SMILES string of the molecule is C=CCCOSc1ccc([N+](=O)[O-])cc1. The van der Waals surface area contributed by atoms with Crippen molar-refractivity contribution in [3.8, 4) is 0 Å². The van der Waals surface area contributed by atoms with Crippen LogP contribution >= 0.6 is 12.0 Å². The van der Waals surface area contributed by atoms with E-state index >= 15 is 0 Å². The zero-order chi connectivity index (χ0) is 11.1. The molecule has 0 aromatic heterocycles. The van der Waals surface area contributed by atoms with Gasteiger partial charge in [0.1, 0.15) is 0 Å². The highest BCUT2D eigenvalue weighted by molar-refractivity contribution is 7.94. The quantitative estimate of drug-likeness (QED) is 0.245. The van der Waals surface area contributed by atoms with Gasteiger partial charge in [0, 0.05) is 29.1 Å². The molecular formula is C10H11NO3S. The van der Waals surface area contributed by atoms with Gasteiger partial charge < -0.3 is 4.18 Å². The lowest BCUT2D eigenvalue weighted by molar-refractivity contribution is -0.384. The van der Waals surface area contributed by atoms with Crippen molar-refractivity contribution in [3.05, 3.63) is 47.0 Å². The van der Waals surface area contributed by atoms with Gasteiger partial charge in [-0.1, -0.05) is 6.08 Å². The summed E-state index contributed by atoms with van der Waals surface area (Å²) in [6.07, 6.45) is 2.57. The van der Waals surface area contributed by atoms with Gasteiger partial charge in [-0.3, -0.25) is 10.1 Å². The number of nitrogens with zero attached hydrogens (tertiary/aromatic N) is 1. The van der Waals surface area contributed by atoms with Crippen LogP contribution in [0.5, 0.6) is 0 Å². The molecule has 0 N–H and O–H groups in total. The summed E-state index contributed by atoms with van der Waals surface area (Å²) >= 11 is 1.21. The number of non-ortho nitro benzene ring substituents is 1. The molecule has 1 aromatic carbocycles. The lowest BCUT2D eigenvalue weighted by atomic mass is 10.3. The van der Waals surface area contributed by atoms with E-state index in [1.54, 1.807) is 18.2 Å². The third-order valence-corrected chi connectivity index (χ3v) is 2.36. The van der Waals surface area contributed by atoms with Gasteiger partial charge in [0.15, 0.2) is 0 Å². The van der Waals surface area contributed by atoms with Crippen LogP contribution in [-0.4, -0.2) is 11.5 Å². The maximum absolute atomic E-state index is 10.4. The second kappa shape index (κ2) is 6.21. The second-order valence-electron chi connectivity index (χ2n) is 2.73. The molecule has 80 valence electrons. The first-order valence-corrected chi connectivity index (χ1v) is 5.13. The molecule has 1 aromatic rings. The molecule has 0 saturated carbocycles. The summed E-state index contributed by atoms with van der Waals surface area (Å²) in [6.45, 7) is 4.16. The standard InChI is InChI=1S/C10H11NO3S/c1-2-3-8-14-15-10-6-4-9(5-7-10)11(12)13/h2,4-7H,1,3,8H2. The normalized spacial score (nSPS) is 9.87. The lowest BCUT2D eigenvalue weighted by Gasteiger charge is -2.00. The molecule has 0 heterocycles. The number of nitro benzene ring substituents is 1. The Morgan fingerprint density at radius 1 is 1.47 bits per heavy atom. The van der Waals surface area contributed by atoms with Crippen molar-refractivity contribution < 1.29 is 9.11 Å². The molecule has 0 saturated heterocycles. The van der Waals surface area contributed by atoms with Gasteiger partial charge in [-0.2, -0.15) is 0 Å². The summed E-state index contributed by atoms with van der Waals surface area (Å²) in [6, 6.07) is 6.24. The average Bonchev–Trinajstić information content (AvgIpc) is 2.25. The van der Waals surface area contributed by atoms with Crippen LogP contribution in [0.1, 0.15) is 6.42 Å². The van der Waals surface area contributed by atoms with E-state index in [2.05, 4.69) is 6.58 Å². The zero-order valence-electron chi connectivity index (χ0n) is 8.09. The first kappa shape index (κ1) is 11.7. The Labute approximate surface area is 92.3 Å². The van der Waals surface area contributed by atoms with Crippen LogP contribution < -0.4 is 0 Å². The summed E-state index contributed by atoms with van der Waals surface area (Å²) in [4.78, 5) is 10.8. The summed E-state index contributed by atoms with van der Waals surface area (Å²) in [5.74, 6) is 0. The van der Waals surface area contributed by atoms with Crippen molar-refractivity contribution in [1.29, 1.82) is 0 Å². The monoisotopic (exact) mass is 225 g/mol. The molecular weight excluding hydrogens is 214 g/mol. The van der Waals surface area contributed by atoms with Crippen LogP contribution in [0.3, 0.4) is 0 Å². The predicted molar refractivity (Wildman–Crippen MR) is 59.7 cm³/mol. The molecule has 0 radical (unpaired) electrons. The Bertz CT molecular complexity index is 337. The van der Waals surface area contributed by atoms with Crippen LogP contribution in [0.15, 0.2) is 41.8 Å². The molecule has 0 aliphatic carbocycles. The van der Waals surface area contributed by atoms with Gasteiger partial charge in [0.2, 0.25) is 0 Å². The lowest BCUT2D eigenvalue weighted by Crippen LogP contribution is -1.87. The van der Waals surface area contributed by atoms with Crippen LogP contribution in [-0.2, 0) is 4.18 Å². The van der Waals surface area contributed by atoms with Crippen molar-refractivity contribution in [1.82, 2.24) is 0 Å². The minimum atomic E-state index is -0.424. The Morgan fingerprint density at radius 3 is 2.67 bits per heavy atom. The number of rotatable bonds is 6. The molecule has 1 rings (SSSR count). The Hall–Kier alpha value is -1.33. The zero-order valence-corrected chi connectivity index (χ0v) is 8.90. The average molecular weight is 225 g/mol. The summed E-state index contributed by atoms with van der Waals surface area (Å²) in [5.41, 5.74) is 0.0884. The molecule has 0 aliphatic rings. The molecule has 0 bridgehead atoms. The highest BCUT2D eigenvalue weighted by Crippen LogP contribution is 2.22. The minimum Gasteiger partial charge on any atom is -0.310 e. The maximum Gasteiger partial charge on any atom is 0.269 e. The fourth-order valence-corrected chi connectivity index (χ4v) is 1.43. The van der Waals surface area contributed by atoms with Crippen LogP contribution in [0.2, 0.25) is 0 Å². The van der Waals surface area contributed by atoms with E-state index in [1.165, 1.54) is 24.2 Å². The molecule has 0 spiro atoms. The van der Waals surface area contributed by atoms with E-state index in [-0.39, 0.29) is 5.69 Å². The second-order valence-corrected chi connectivity index (χ2v) is 3.61. The Balaban J connectivity index is 2.42. The Morgan fingerprint density at radius 2 is 2.13 bits per heavy atom. The fraction of sp³-hybridized carbons (Fsp3) is 0.200. The molecule has 0 unspecified atom stereocenters. The van der Waals surface area contributed by atoms with E-state index in [4.69, 9.17) is 4.18 Å². The van der Waals surface area contributed by atoms with Crippen LogP contribution in [0, 0.1) is 10.1 Å². The van der Waals surface area contributed by atoms with Crippen molar-refractivity contribution in [3.63, 3.8) is 0 Å². The van der Waals surface area contributed by atoms with E-state index in [0.717, 1.165) is 11.3 Å². The van der Waals surface area contributed by atoms with E-state index in [0.29, 0.717) is 6.61 Å². The largest absolute Gasteiger partial charge is 0.310 e. The van der Waals surface area contributed by atoms with Gasteiger partial charge in [-0.05, 0) is 18.6 Å². The highest BCUT2D eigenvalue weighted by atomic mass is 32.2. The smallest absolute Gasteiger partial charge is 0.269 e. The molecule has 15 heavy (non-hydrogen) atoms.